The number of anilines is 1. The van der Waals surface area contributed by atoms with E-state index < -0.39 is 18.0 Å². The molecule has 0 bridgehead atoms. The number of rotatable bonds is 4. The number of nitrogens with zero attached hydrogens (tertiary/aromatic N) is 1. The van der Waals surface area contributed by atoms with E-state index in [9.17, 15) is 14.4 Å². The summed E-state index contributed by atoms with van der Waals surface area (Å²) in [5.74, 6) is -0.849. The van der Waals surface area contributed by atoms with Gasteiger partial charge in [-0.25, -0.2) is 9.59 Å². The summed E-state index contributed by atoms with van der Waals surface area (Å²) in [6, 6.07) is 12.0. The van der Waals surface area contributed by atoms with Gasteiger partial charge in [0.2, 0.25) is 5.91 Å². The van der Waals surface area contributed by atoms with Crippen molar-refractivity contribution >= 4 is 39.5 Å². The van der Waals surface area contributed by atoms with Gasteiger partial charge in [-0.3, -0.25) is 9.69 Å². The lowest BCUT2D eigenvalue weighted by Gasteiger charge is -2.33. The third-order valence-electron chi connectivity index (χ3n) is 5.17. The summed E-state index contributed by atoms with van der Waals surface area (Å²) in [5.41, 5.74) is 4.24. The minimum atomic E-state index is -0.604. The van der Waals surface area contributed by atoms with E-state index in [0.717, 1.165) is 21.2 Å². The molecule has 2 N–H and O–H groups in total. The van der Waals surface area contributed by atoms with Gasteiger partial charge in [0.1, 0.15) is 13.2 Å². The number of amides is 3. The first-order valence-electron chi connectivity index (χ1n) is 9.44. The Kier molecular flexibility index (Phi) is 5.34. The van der Waals surface area contributed by atoms with Crippen molar-refractivity contribution in [1.29, 1.82) is 0 Å². The molecule has 2 aromatic carbocycles. The summed E-state index contributed by atoms with van der Waals surface area (Å²) in [7, 11) is 0. The number of carbonyl (C=O) groups excluding carboxylic acids is 3. The molecule has 2 aromatic rings. The second-order valence-corrected chi connectivity index (χ2v) is 8.24. The van der Waals surface area contributed by atoms with Crippen molar-refractivity contribution in [2.75, 3.05) is 18.5 Å². The fourth-order valence-corrected chi connectivity index (χ4v) is 3.92. The first-order chi connectivity index (χ1) is 14.3. The molecular weight excluding hydrogens is 450 g/mol. The van der Waals surface area contributed by atoms with Crippen molar-refractivity contribution in [1.82, 2.24) is 10.2 Å². The topological polar surface area (TPSA) is 87.7 Å². The number of cyclic esters (lactones) is 1. The number of aryl methyl sites for hydroxylation is 2. The highest BCUT2D eigenvalue weighted by Gasteiger charge is 2.43. The van der Waals surface area contributed by atoms with E-state index in [1.54, 1.807) is 12.1 Å². The van der Waals surface area contributed by atoms with E-state index in [0.29, 0.717) is 17.0 Å². The Morgan fingerprint density at radius 1 is 1.20 bits per heavy atom. The van der Waals surface area contributed by atoms with Crippen molar-refractivity contribution in [3.05, 3.63) is 74.9 Å². The number of hydrogen-bond acceptors (Lipinski definition) is 4. The molecule has 2 heterocycles. The van der Waals surface area contributed by atoms with E-state index in [1.807, 2.05) is 44.2 Å². The fraction of sp³-hybridized carbons (Fsp3) is 0.227. The van der Waals surface area contributed by atoms with Crippen LogP contribution in [0.5, 0.6) is 0 Å². The Bertz CT molecular complexity index is 1080. The quantitative estimate of drug-likeness (QED) is 0.669. The molecule has 0 saturated carbocycles. The predicted octanol–water partition coefficient (Wildman–Crippen LogP) is 3.58. The lowest BCUT2D eigenvalue weighted by atomic mass is 9.91. The minimum absolute atomic E-state index is 0.0332. The van der Waals surface area contributed by atoms with Crippen LogP contribution >= 0.6 is 15.9 Å². The number of esters is 1. The van der Waals surface area contributed by atoms with Gasteiger partial charge in [-0.05, 0) is 49.2 Å². The van der Waals surface area contributed by atoms with Crippen LogP contribution in [-0.4, -0.2) is 36.0 Å². The zero-order valence-corrected chi connectivity index (χ0v) is 18.1. The maximum Gasteiger partial charge on any atom is 0.338 e. The Labute approximate surface area is 182 Å². The van der Waals surface area contributed by atoms with Crippen LogP contribution in [0.25, 0.3) is 0 Å². The summed E-state index contributed by atoms with van der Waals surface area (Å²) < 4.78 is 6.12. The summed E-state index contributed by atoms with van der Waals surface area (Å²) >= 11 is 3.34. The fourth-order valence-electron chi connectivity index (χ4n) is 3.66. The summed E-state index contributed by atoms with van der Waals surface area (Å²) in [4.78, 5) is 39.2. The summed E-state index contributed by atoms with van der Waals surface area (Å²) in [5, 5.41) is 5.63. The van der Waals surface area contributed by atoms with E-state index in [1.165, 1.54) is 4.90 Å². The molecule has 30 heavy (non-hydrogen) atoms. The van der Waals surface area contributed by atoms with Gasteiger partial charge in [0, 0.05) is 10.2 Å². The molecule has 7 nitrogen and oxygen atoms in total. The zero-order chi connectivity index (χ0) is 21.4. The maximum absolute atomic E-state index is 12.9. The Hall–Kier alpha value is -3.13. The number of halogens is 1. The lowest BCUT2D eigenvalue weighted by Crippen LogP contribution is -2.49. The van der Waals surface area contributed by atoms with Crippen LogP contribution in [0.1, 0.15) is 22.7 Å². The number of benzene rings is 2. The molecule has 0 saturated heterocycles. The molecule has 4 rings (SSSR count). The lowest BCUT2D eigenvalue weighted by molar-refractivity contribution is -0.136. The SMILES string of the molecule is Cc1ccc(C)c(C2NC(=O)N(CC(=O)Nc3ccc(Br)cc3)C3=C2C(=O)OC3)c1. The van der Waals surface area contributed by atoms with Crippen LogP contribution in [0.2, 0.25) is 0 Å². The summed E-state index contributed by atoms with van der Waals surface area (Å²) in [6.07, 6.45) is 0. The number of ether oxygens (including phenoxy) is 1. The van der Waals surface area contributed by atoms with Gasteiger partial charge in [0.25, 0.3) is 0 Å². The van der Waals surface area contributed by atoms with E-state index in [4.69, 9.17) is 4.74 Å². The van der Waals surface area contributed by atoms with Crippen LogP contribution in [0.15, 0.2) is 58.2 Å². The molecule has 0 fully saturated rings. The largest absolute Gasteiger partial charge is 0.456 e. The van der Waals surface area contributed by atoms with Gasteiger partial charge in [-0.1, -0.05) is 39.7 Å². The minimum Gasteiger partial charge on any atom is -0.456 e. The number of nitrogens with one attached hydrogen (secondary N) is 2. The molecule has 3 amide bonds. The van der Waals surface area contributed by atoms with Crippen LogP contribution < -0.4 is 10.6 Å². The van der Waals surface area contributed by atoms with Crippen LogP contribution in [0.3, 0.4) is 0 Å². The smallest absolute Gasteiger partial charge is 0.338 e. The Morgan fingerprint density at radius 2 is 1.93 bits per heavy atom. The molecule has 154 valence electrons. The Balaban J connectivity index is 1.62. The van der Waals surface area contributed by atoms with E-state index in [-0.39, 0.29) is 19.1 Å². The molecule has 1 atom stereocenters. The highest BCUT2D eigenvalue weighted by molar-refractivity contribution is 9.10. The maximum atomic E-state index is 12.9. The van der Waals surface area contributed by atoms with Crippen molar-refractivity contribution in [2.24, 2.45) is 0 Å². The van der Waals surface area contributed by atoms with Crippen molar-refractivity contribution in [3.8, 4) is 0 Å². The highest BCUT2D eigenvalue weighted by atomic mass is 79.9. The molecule has 0 aliphatic carbocycles. The normalized spacial score (nSPS) is 18.1. The molecule has 0 radical (unpaired) electrons. The third kappa shape index (κ3) is 3.82. The van der Waals surface area contributed by atoms with Gasteiger partial charge in [-0.15, -0.1) is 0 Å². The first kappa shape index (κ1) is 20.2. The van der Waals surface area contributed by atoms with Crippen LogP contribution in [-0.2, 0) is 14.3 Å². The monoisotopic (exact) mass is 469 g/mol. The molecule has 2 aliphatic rings. The second kappa shape index (κ2) is 7.95. The molecule has 1 unspecified atom stereocenters. The summed E-state index contributed by atoms with van der Waals surface area (Å²) in [6.45, 7) is 3.62. The standard InChI is InChI=1S/C22H20BrN3O4/c1-12-3-4-13(2)16(9-12)20-19-17(11-30-21(19)28)26(22(29)25-20)10-18(27)24-15-7-5-14(23)6-8-15/h3-9,20H,10-11H2,1-2H3,(H,24,27)(H,25,29). The van der Waals surface area contributed by atoms with Gasteiger partial charge < -0.3 is 15.4 Å². The van der Waals surface area contributed by atoms with Crippen LogP contribution in [0.4, 0.5) is 10.5 Å². The van der Waals surface area contributed by atoms with Crippen LogP contribution in [0, 0.1) is 13.8 Å². The van der Waals surface area contributed by atoms with Gasteiger partial charge >= 0.3 is 12.0 Å². The molecular formula is C22H20BrN3O4. The second-order valence-electron chi connectivity index (χ2n) is 7.32. The first-order valence-corrected chi connectivity index (χ1v) is 10.2. The molecule has 2 aliphatic heterocycles. The average molecular weight is 470 g/mol. The zero-order valence-electron chi connectivity index (χ0n) is 16.5. The number of hydrogen-bond donors (Lipinski definition) is 2. The van der Waals surface area contributed by atoms with Gasteiger partial charge in [0.05, 0.1) is 17.3 Å². The molecule has 0 spiro atoms. The van der Waals surface area contributed by atoms with E-state index >= 15 is 0 Å². The highest BCUT2D eigenvalue weighted by Crippen LogP contribution is 2.36. The average Bonchev–Trinajstić information content (AvgIpc) is 3.09. The number of urea groups is 1. The van der Waals surface area contributed by atoms with Crippen molar-refractivity contribution in [3.63, 3.8) is 0 Å². The predicted molar refractivity (Wildman–Crippen MR) is 115 cm³/mol. The van der Waals surface area contributed by atoms with Gasteiger partial charge in [0.15, 0.2) is 0 Å². The molecule has 8 heteroatoms. The van der Waals surface area contributed by atoms with Crippen molar-refractivity contribution in [2.45, 2.75) is 19.9 Å². The third-order valence-corrected chi connectivity index (χ3v) is 5.70. The van der Waals surface area contributed by atoms with Gasteiger partial charge in [-0.2, -0.15) is 0 Å². The van der Waals surface area contributed by atoms with E-state index in [2.05, 4.69) is 26.6 Å². The number of carbonyl (C=O) groups is 3. The molecule has 0 aromatic heterocycles. The Morgan fingerprint density at radius 3 is 2.67 bits per heavy atom. The van der Waals surface area contributed by atoms with Crippen molar-refractivity contribution < 1.29 is 19.1 Å².